The summed E-state index contributed by atoms with van der Waals surface area (Å²) < 4.78 is 10.4. The summed E-state index contributed by atoms with van der Waals surface area (Å²) in [4.78, 5) is 35.7. The van der Waals surface area contributed by atoms with E-state index < -0.39 is 17.7 Å². The first-order chi connectivity index (χ1) is 12.5. The molecule has 1 heterocycles. The topological polar surface area (TPSA) is 93.7 Å². The van der Waals surface area contributed by atoms with Crippen molar-refractivity contribution >= 4 is 29.5 Å². The Kier molecular flexibility index (Phi) is 4.70. The third kappa shape index (κ3) is 3.27. The molecule has 1 aliphatic rings. The molecule has 7 nitrogen and oxygen atoms in total. The molecule has 26 heavy (non-hydrogen) atoms. The Balaban J connectivity index is 1.77. The molecule has 0 unspecified atom stereocenters. The third-order valence-corrected chi connectivity index (χ3v) is 3.86. The molecule has 3 amide bonds. The van der Waals surface area contributed by atoms with E-state index in [1.165, 1.54) is 19.3 Å². The lowest BCUT2D eigenvalue weighted by Gasteiger charge is -2.08. The van der Waals surface area contributed by atoms with Gasteiger partial charge in [-0.1, -0.05) is 12.1 Å². The first-order valence-electron chi connectivity index (χ1n) is 7.73. The molecule has 0 aliphatic carbocycles. The van der Waals surface area contributed by atoms with Crippen LogP contribution < -0.4 is 20.1 Å². The Morgan fingerprint density at radius 3 is 2.54 bits per heavy atom. The Morgan fingerprint density at radius 1 is 1.04 bits per heavy atom. The first-order valence-corrected chi connectivity index (χ1v) is 7.73. The molecule has 0 spiro atoms. The molecule has 7 heteroatoms. The van der Waals surface area contributed by atoms with Crippen LogP contribution in [0.5, 0.6) is 11.5 Å². The molecule has 0 saturated heterocycles. The second-order valence-electron chi connectivity index (χ2n) is 5.45. The van der Waals surface area contributed by atoms with Crippen LogP contribution in [0.1, 0.15) is 26.3 Å². The quantitative estimate of drug-likeness (QED) is 0.636. The monoisotopic (exact) mass is 352 g/mol. The minimum atomic E-state index is -0.523. The molecule has 0 radical (unpaired) electrons. The number of methoxy groups -OCH3 is 2. The van der Waals surface area contributed by atoms with E-state index in [1.54, 1.807) is 43.5 Å². The lowest BCUT2D eigenvalue weighted by atomic mass is 10.1. The Hall–Kier alpha value is -3.61. The summed E-state index contributed by atoms with van der Waals surface area (Å²) >= 11 is 0. The molecule has 132 valence electrons. The highest BCUT2D eigenvalue weighted by molar-refractivity contribution is 6.24. The zero-order chi connectivity index (χ0) is 18.7. The van der Waals surface area contributed by atoms with E-state index in [9.17, 15) is 14.4 Å². The lowest BCUT2D eigenvalue weighted by molar-refractivity contribution is -0.111. The van der Waals surface area contributed by atoms with Crippen molar-refractivity contribution in [3.05, 3.63) is 59.2 Å². The number of carbonyl (C=O) groups excluding carboxylic acids is 3. The number of rotatable bonds is 5. The number of hydrogen-bond acceptors (Lipinski definition) is 5. The van der Waals surface area contributed by atoms with Gasteiger partial charge in [-0.3, -0.25) is 19.7 Å². The standard InChI is InChI=1S/C19H16N2O5/c1-25-14-8-6-11(10-15(14)26-2)7-9-16(22)20-13-5-3-4-12-17(13)19(24)21-18(12)23/h3-10H,1-2H3,(H,20,22)(H,21,23,24). The minimum absolute atomic E-state index is 0.172. The van der Waals surface area contributed by atoms with E-state index in [0.717, 1.165) is 5.56 Å². The van der Waals surface area contributed by atoms with Gasteiger partial charge in [0.15, 0.2) is 11.5 Å². The van der Waals surface area contributed by atoms with Crippen molar-refractivity contribution in [1.82, 2.24) is 5.32 Å². The SMILES string of the molecule is COc1ccc(C=CC(=O)Nc2cccc3c2C(=O)NC3=O)cc1OC. The third-order valence-electron chi connectivity index (χ3n) is 3.86. The van der Waals surface area contributed by atoms with Crippen molar-refractivity contribution in [2.24, 2.45) is 0 Å². The summed E-state index contributed by atoms with van der Waals surface area (Å²) in [5.41, 5.74) is 1.44. The van der Waals surface area contributed by atoms with Gasteiger partial charge in [0, 0.05) is 6.08 Å². The van der Waals surface area contributed by atoms with Crippen molar-refractivity contribution in [3.8, 4) is 11.5 Å². The second kappa shape index (κ2) is 7.10. The normalized spacial score (nSPS) is 12.7. The number of nitrogens with one attached hydrogen (secondary N) is 2. The molecule has 0 aromatic heterocycles. The van der Waals surface area contributed by atoms with Crippen LogP contribution in [0, 0.1) is 0 Å². The molecule has 0 saturated carbocycles. The van der Waals surface area contributed by atoms with Gasteiger partial charge < -0.3 is 14.8 Å². The van der Waals surface area contributed by atoms with Gasteiger partial charge in [0.2, 0.25) is 5.91 Å². The van der Waals surface area contributed by atoms with E-state index in [1.807, 2.05) is 0 Å². The maximum Gasteiger partial charge on any atom is 0.261 e. The van der Waals surface area contributed by atoms with Crippen LogP contribution in [0.25, 0.3) is 6.08 Å². The minimum Gasteiger partial charge on any atom is -0.493 e. The fraction of sp³-hybridized carbons (Fsp3) is 0.105. The van der Waals surface area contributed by atoms with E-state index in [4.69, 9.17) is 9.47 Å². The van der Waals surface area contributed by atoms with Gasteiger partial charge >= 0.3 is 0 Å². The molecule has 2 aromatic rings. The molecular weight excluding hydrogens is 336 g/mol. The van der Waals surface area contributed by atoms with Crippen molar-refractivity contribution in [3.63, 3.8) is 0 Å². The fourth-order valence-corrected chi connectivity index (χ4v) is 2.63. The highest BCUT2D eigenvalue weighted by Gasteiger charge is 2.29. The summed E-state index contributed by atoms with van der Waals surface area (Å²) in [6, 6.07) is 9.94. The van der Waals surface area contributed by atoms with Crippen LogP contribution in [0.15, 0.2) is 42.5 Å². The van der Waals surface area contributed by atoms with Crippen LogP contribution in [0.2, 0.25) is 0 Å². The fourth-order valence-electron chi connectivity index (χ4n) is 2.63. The van der Waals surface area contributed by atoms with Crippen LogP contribution in [-0.2, 0) is 4.79 Å². The average molecular weight is 352 g/mol. The van der Waals surface area contributed by atoms with E-state index in [2.05, 4.69) is 10.6 Å². The molecular formula is C19H16N2O5. The number of imide groups is 1. The van der Waals surface area contributed by atoms with Crippen molar-refractivity contribution in [1.29, 1.82) is 0 Å². The molecule has 0 atom stereocenters. The average Bonchev–Trinajstić information content (AvgIpc) is 2.94. The zero-order valence-corrected chi connectivity index (χ0v) is 14.2. The number of fused-ring (bicyclic) bond motifs is 1. The van der Waals surface area contributed by atoms with Gasteiger partial charge in [0.25, 0.3) is 11.8 Å². The number of carbonyl (C=O) groups is 3. The molecule has 2 aromatic carbocycles. The Bertz CT molecular complexity index is 934. The van der Waals surface area contributed by atoms with Gasteiger partial charge in [0.1, 0.15) is 0 Å². The van der Waals surface area contributed by atoms with Gasteiger partial charge in [-0.25, -0.2) is 0 Å². The van der Waals surface area contributed by atoms with Gasteiger partial charge in [-0.05, 0) is 35.9 Å². The number of hydrogen-bond donors (Lipinski definition) is 2. The van der Waals surface area contributed by atoms with Crippen molar-refractivity contribution < 1.29 is 23.9 Å². The molecule has 0 bridgehead atoms. The van der Waals surface area contributed by atoms with Crippen molar-refractivity contribution in [2.75, 3.05) is 19.5 Å². The first kappa shape index (κ1) is 17.2. The zero-order valence-electron chi connectivity index (χ0n) is 14.2. The molecule has 3 rings (SSSR count). The van der Waals surface area contributed by atoms with Gasteiger partial charge in [-0.15, -0.1) is 0 Å². The maximum absolute atomic E-state index is 12.2. The van der Waals surface area contributed by atoms with E-state index in [-0.39, 0.29) is 16.8 Å². The summed E-state index contributed by atoms with van der Waals surface area (Å²) in [6.45, 7) is 0. The van der Waals surface area contributed by atoms with Gasteiger partial charge in [-0.2, -0.15) is 0 Å². The number of ether oxygens (including phenoxy) is 2. The number of benzene rings is 2. The largest absolute Gasteiger partial charge is 0.493 e. The highest BCUT2D eigenvalue weighted by atomic mass is 16.5. The van der Waals surface area contributed by atoms with Crippen LogP contribution in [0.4, 0.5) is 5.69 Å². The Labute approximate surface area is 149 Å². The summed E-state index contributed by atoms with van der Waals surface area (Å²) in [6.07, 6.45) is 2.93. The second-order valence-corrected chi connectivity index (χ2v) is 5.45. The highest BCUT2D eigenvalue weighted by Crippen LogP contribution is 2.28. The summed E-state index contributed by atoms with van der Waals surface area (Å²) in [5, 5.41) is 4.82. The summed E-state index contributed by atoms with van der Waals surface area (Å²) in [5.74, 6) is -0.289. The number of anilines is 1. The molecule has 1 aliphatic heterocycles. The predicted octanol–water partition coefficient (Wildman–Crippen LogP) is 2.24. The van der Waals surface area contributed by atoms with Crippen LogP contribution in [-0.4, -0.2) is 31.9 Å². The lowest BCUT2D eigenvalue weighted by Crippen LogP contribution is -2.20. The van der Waals surface area contributed by atoms with Gasteiger partial charge in [0.05, 0.1) is 31.0 Å². The molecule has 0 fully saturated rings. The molecule has 2 N–H and O–H groups in total. The maximum atomic E-state index is 12.2. The Morgan fingerprint density at radius 2 is 1.81 bits per heavy atom. The van der Waals surface area contributed by atoms with Crippen LogP contribution in [0.3, 0.4) is 0 Å². The van der Waals surface area contributed by atoms with Crippen molar-refractivity contribution in [2.45, 2.75) is 0 Å². The van der Waals surface area contributed by atoms with Crippen LogP contribution >= 0.6 is 0 Å². The van der Waals surface area contributed by atoms with E-state index in [0.29, 0.717) is 11.5 Å². The van der Waals surface area contributed by atoms with E-state index >= 15 is 0 Å². The summed E-state index contributed by atoms with van der Waals surface area (Å²) in [7, 11) is 3.07. The predicted molar refractivity (Wildman–Crippen MR) is 95.4 cm³/mol. The number of amides is 3. The smallest absolute Gasteiger partial charge is 0.261 e.